The van der Waals surface area contributed by atoms with E-state index in [4.69, 9.17) is 11.6 Å². The number of rotatable bonds is 4. The van der Waals surface area contributed by atoms with Gasteiger partial charge in [0.05, 0.1) is 15.1 Å². The fourth-order valence-corrected chi connectivity index (χ4v) is 3.90. The highest BCUT2D eigenvalue weighted by atomic mass is 35.5. The van der Waals surface area contributed by atoms with Crippen molar-refractivity contribution in [2.24, 2.45) is 0 Å². The zero-order chi connectivity index (χ0) is 19.7. The van der Waals surface area contributed by atoms with Crippen molar-refractivity contribution in [1.29, 1.82) is 0 Å². The van der Waals surface area contributed by atoms with Gasteiger partial charge in [0.25, 0.3) is 11.6 Å². The Morgan fingerprint density at radius 2 is 1.89 bits per heavy atom. The minimum Gasteiger partial charge on any atom is -0.322 e. The van der Waals surface area contributed by atoms with Crippen molar-refractivity contribution in [2.45, 2.75) is 0 Å². The smallest absolute Gasteiger partial charge is 0.283 e. The molecule has 138 valence electrons. The summed E-state index contributed by atoms with van der Waals surface area (Å²) in [5, 5.41) is 14.9. The molecule has 1 N–H and O–H groups in total. The van der Waals surface area contributed by atoms with Crippen LogP contribution in [0.25, 0.3) is 20.8 Å². The molecule has 0 unspecified atom stereocenters. The molecule has 0 bridgehead atoms. The number of nitrogens with zero attached hydrogens (tertiary/aromatic N) is 2. The average Bonchev–Trinajstić information content (AvgIpc) is 3.12. The zero-order valence-electron chi connectivity index (χ0n) is 14.3. The van der Waals surface area contributed by atoms with Gasteiger partial charge < -0.3 is 5.32 Å². The van der Waals surface area contributed by atoms with Gasteiger partial charge >= 0.3 is 0 Å². The number of benzene rings is 3. The molecule has 1 heterocycles. The van der Waals surface area contributed by atoms with Gasteiger partial charge in [-0.25, -0.2) is 4.98 Å². The van der Waals surface area contributed by atoms with Crippen LogP contribution in [-0.4, -0.2) is 15.8 Å². The third kappa shape index (κ3) is 3.58. The SMILES string of the molecule is O=C(Nc1cccc(-c2nc3ccccc3s2)c1)c1ccc(Cl)cc1[N+](=O)[O-]. The van der Waals surface area contributed by atoms with E-state index in [1.165, 1.54) is 12.1 Å². The maximum absolute atomic E-state index is 12.6. The van der Waals surface area contributed by atoms with Crippen molar-refractivity contribution in [3.8, 4) is 10.6 Å². The molecule has 3 aromatic carbocycles. The number of anilines is 1. The summed E-state index contributed by atoms with van der Waals surface area (Å²) in [5.74, 6) is -0.579. The minimum atomic E-state index is -0.627. The lowest BCUT2D eigenvalue weighted by Crippen LogP contribution is -2.14. The van der Waals surface area contributed by atoms with E-state index in [-0.39, 0.29) is 16.3 Å². The molecule has 0 radical (unpaired) electrons. The predicted octanol–water partition coefficient (Wildman–Crippen LogP) is 5.78. The first-order chi connectivity index (χ1) is 13.5. The number of amides is 1. The van der Waals surface area contributed by atoms with Crippen molar-refractivity contribution in [2.75, 3.05) is 5.32 Å². The number of thiazole rings is 1. The van der Waals surface area contributed by atoms with Crippen molar-refractivity contribution >= 4 is 50.4 Å². The van der Waals surface area contributed by atoms with Crippen LogP contribution in [0, 0.1) is 10.1 Å². The molecule has 0 aliphatic rings. The van der Waals surface area contributed by atoms with Gasteiger partial charge in [-0.15, -0.1) is 11.3 Å². The first-order valence-corrected chi connectivity index (χ1v) is 9.42. The molecule has 8 heteroatoms. The number of carbonyl (C=O) groups excluding carboxylic acids is 1. The molecule has 0 aliphatic heterocycles. The Kier molecular flexibility index (Phi) is 4.77. The van der Waals surface area contributed by atoms with Crippen LogP contribution < -0.4 is 5.32 Å². The van der Waals surface area contributed by atoms with Gasteiger partial charge in [0.1, 0.15) is 10.6 Å². The Morgan fingerprint density at radius 1 is 1.07 bits per heavy atom. The molecule has 4 aromatic rings. The molecule has 0 spiro atoms. The van der Waals surface area contributed by atoms with Gasteiger partial charge in [-0.3, -0.25) is 14.9 Å². The van der Waals surface area contributed by atoms with Crippen molar-refractivity contribution < 1.29 is 9.72 Å². The van der Waals surface area contributed by atoms with E-state index in [0.717, 1.165) is 26.9 Å². The van der Waals surface area contributed by atoms with Crippen LogP contribution in [0.2, 0.25) is 5.02 Å². The van der Waals surface area contributed by atoms with Gasteiger partial charge in [0, 0.05) is 22.3 Å². The fourth-order valence-electron chi connectivity index (χ4n) is 2.77. The lowest BCUT2D eigenvalue weighted by atomic mass is 10.1. The summed E-state index contributed by atoms with van der Waals surface area (Å²) in [7, 11) is 0. The van der Waals surface area contributed by atoms with Crippen molar-refractivity contribution in [3.63, 3.8) is 0 Å². The van der Waals surface area contributed by atoms with E-state index >= 15 is 0 Å². The summed E-state index contributed by atoms with van der Waals surface area (Å²) in [6.07, 6.45) is 0. The predicted molar refractivity (Wildman–Crippen MR) is 111 cm³/mol. The summed E-state index contributed by atoms with van der Waals surface area (Å²) in [6, 6.07) is 19.0. The molecule has 0 atom stereocenters. The van der Waals surface area contributed by atoms with Crippen LogP contribution in [0.15, 0.2) is 66.7 Å². The van der Waals surface area contributed by atoms with Gasteiger partial charge in [0.15, 0.2) is 0 Å². The van der Waals surface area contributed by atoms with Crippen LogP contribution in [-0.2, 0) is 0 Å². The molecule has 0 saturated heterocycles. The minimum absolute atomic E-state index is 0.0557. The number of nitro groups is 1. The first kappa shape index (κ1) is 18.1. The lowest BCUT2D eigenvalue weighted by Gasteiger charge is -2.07. The molecule has 1 aromatic heterocycles. The van der Waals surface area contributed by atoms with Gasteiger partial charge in [-0.05, 0) is 36.4 Å². The summed E-state index contributed by atoms with van der Waals surface area (Å²) in [5.41, 5.74) is 1.89. The zero-order valence-corrected chi connectivity index (χ0v) is 15.8. The van der Waals surface area contributed by atoms with Crippen LogP contribution in [0.3, 0.4) is 0 Å². The number of fused-ring (bicyclic) bond motifs is 1. The second kappa shape index (κ2) is 7.38. The quantitative estimate of drug-likeness (QED) is 0.342. The maximum Gasteiger partial charge on any atom is 0.283 e. The Hall–Kier alpha value is -3.29. The van der Waals surface area contributed by atoms with Crippen LogP contribution in [0.5, 0.6) is 0 Å². The van der Waals surface area contributed by atoms with E-state index < -0.39 is 10.8 Å². The van der Waals surface area contributed by atoms with Crippen molar-refractivity contribution in [3.05, 3.63) is 87.4 Å². The third-order valence-electron chi connectivity index (χ3n) is 4.06. The molecule has 0 saturated carbocycles. The van der Waals surface area contributed by atoms with Gasteiger partial charge in [-0.2, -0.15) is 0 Å². The Labute approximate surface area is 168 Å². The lowest BCUT2D eigenvalue weighted by molar-refractivity contribution is -0.385. The van der Waals surface area contributed by atoms with Gasteiger partial charge in [-0.1, -0.05) is 35.9 Å². The number of hydrogen-bond donors (Lipinski definition) is 1. The molecular formula is C20H12ClN3O3S. The maximum atomic E-state index is 12.6. The molecular weight excluding hydrogens is 398 g/mol. The Morgan fingerprint density at radius 3 is 2.68 bits per heavy atom. The molecule has 0 aliphatic carbocycles. The Bertz CT molecular complexity index is 1190. The monoisotopic (exact) mass is 409 g/mol. The Balaban J connectivity index is 1.64. The van der Waals surface area contributed by atoms with E-state index in [2.05, 4.69) is 10.3 Å². The normalized spacial score (nSPS) is 10.8. The van der Waals surface area contributed by atoms with E-state index in [9.17, 15) is 14.9 Å². The summed E-state index contributed by atoms with van der Waals surface area (Å²) in [6.45, 7) is 0. The van der Waals surface area contributed by atoms with Crippen molar-refractivity contribution in [1.82, 2.24) is 4.98 Å². The van der Waals surface area contributed by atoms with Crippen LogP contribution >= 0.6 is 22.9 Å². The number of halogens is 1. The number of nitro benzene ring substituents is 1. The standard InChI is InChI=1S/C20H12ClN3O3S/c21-13-8-9-15(17(11-13)24(26)27)19(25)22-14-5-3-4-12(10-14)20-23-16-6-1-2-7-18(16)28-20/h1-11H,(H,22,25). The highest BCUT2D eigenvalue weighted by Gasteiger charge is 2.21. The number of aromatic nitrogens is 1. The van der Waals surface area contributed by atoms with Crippen LogP contribution in [0.4, 0.5) is 11.4 Å². The molecule has 6 nitrogen and oxygen atoms in total. The van der Waals surface area contributed by atoms with Gasteiger partial charge in [0.2, 0.25) is 0 Å². The van der Waals surface area contributed by atoms with E-state index in [0.29, 0.717) is 5.69 Å². The molecule has 4 rings (SSSR count). The molecule has 1 amide bonds. The highest BCUT2D eigenvalue weighted by Crippen LogP contribution is 2.31. The summed E-state index contributed by atoms with van der Waals surface area (Å²) >= 11 is 7.36. The highest BCUT2D eigenvalue weighted by molar-refractivity contribution is 7.21. The second-order valence-electron chi connectivity index (χ2n) is 5.94. The average molecular weight is 410 g/mol. The summed E-state index contributed by atoms with van der Waals surface area (Å²) in [4.78, 5) is 27.8. The summed E-state index contributed by atoms with van der Waals surface area (Å²) < 4.78 is 1.07. The van der Waals surface area contributed by atoms with Crippen LogP contribution in [0.1, 0.15) is 10.4 Å². The van der Waals surface area contributed by atoms with E-state index in [1.54, 1.807) is 29.5 Å². The molecule has 28 heavy (non-hydrogen) atoms. The fraction of sp³-hybridized carbons (Fsp3) is 0. The second-order valence-corrected chi connectivity index (χ2v) is 7.41. The topological polar surface area (TPSA) is 85.1 Å². The number of nitrogens with one attached hydrogen (secondary N) is 1. The first-order valence-electron chi connectivity index (χ1n) is 8.22. The molecule has 0 fully saturated rings. The third-order valence-corrected chi connectivity index (χ3v) is 5.38. The largest absolute Gasteiger partial charge is 0.322 e. The van der Waals surface area contributed by atoms with E-state index in [1.807, 2.05) is 30.3 Å². The number of hydrogen-bond acceptors (Lipinski definition) is 5. The number of para-hydroxylation sites is 1. The number of carbonyl (C=O) groups is 1.